The molecule has 0 fully saturated rings. The minimum absolute atomic E-state index is 0.0565. The molecule has 0 aromatic heterocycles. The summed E-state index contributed by atoms with van der Waals surface area (Å²) in [5.74, 6) is -2.43. The second-order valence-electron chi connectivity index (χ2n) is 7.65. The number of alkyl carbamates (subject to hydrolysis) is 1. The number of phenolic OH excluding ortho intramolecular Hbond substituents is 1. The summed E-state index contributed by atoms with van der Waals surface area (Å²) < 4.78 is 5.20. The van der Waals surface area contributed by atoms with Crippen molar-refractivity contribution in [2.75, 3.05) is 6.54 Å². The Labute approximate surface area is 175 Å². The summed E-state index contributed by atoms with van der Waals surface area (Å²) in [6.45, 7) is 6.13. The van der Waals surface area contributed by atoms with E-state index >= 15 is 0 Å². The molecule has 30 heavy (non-hydrogen) atoms. The Bertz CT molecular complexity index is 757. The maximum Gasteiger partial charge on any atom is 0.408 e. The average molecular weight is 423 g/mol. The van der Waals surface area contributed by atoms with Gasteiger partial charge in [0.2, 0.25) is 11.8 Å². The average Bonchev–Trinajstić information content (AvgIpc) is 2.63. The van der Waals surface area contributed by atoms with E-state index < -0.39 is 48.1 Å². The van der Waals surface area contributed by atoms with Crippen molar-refractivity contribution >= 4 is 23.9 Å². The lowest BCUT2D eigenvalue weighted by atomic mass is 10.0. The lowest BCUT2D eigenvalue weighted by molar-refractivity contribution is -0.138. The zero-order valence-corrected chi connectivity index (χ0v) is 17.5. The van der Waals surface area contributed by atoms with Gasteiger partial charge in [0, 0.05) is 6.42 Å². The highest BCUT2D eigenvalue weighted by Crippen LogP contribution is 2.13. The molecule has 3 amide bonds. The van der Waals surface area contributed by atoms with Crippen LogP contribution in [-0.2, 0) is 25.5 Å². The van der Waals surface area contributed by atoms with E-state index in [4.69, 9.17) is 9.84 Å². The van der Waals surface area contributed by atoms with Crippen LogP contribution in [0.4, 0.5) is 4.79 Å². The van der Waals surface area contributed by atoms with Crippen LogP contribution >= 0.6 is 0 Å². The molecule has 2 atom stereocenters. The molecule has 0 spiro atoms. The molecule has 0 saturated heterocycles. The summed E-state index contributed by atoms with van der Waals surface area (Å²) in [5, 5.41) is 25.3. The number of aliphatic carboxylic acids is 1. The third kappa shape index (κ3) is 9.26. The number of hydrogen-bond donors (Lipinski definition) is 5. The smallest absolute Gasteiger partial charge is 0.408 e. The lowest BCUT2D eigenvalue weighted by Gasteiger charge is -2.25. The molecular formula is C20H29N3O7. The number of aromatic hydroxyl groups is 1. The monoisotopic (exact) mass is 423 g/mol. The Balaban J connectivity index is 2.93. The summed E-state index contributed by atoms with van der Waals surface area (Å²) in [7, 11) is 0. The SMILES string of the molecule is CCC(NC(=O)[C@H](Cc1ccc(O)cc1)NC(=O)OC(C)(C)C)C(=O)NCC(=O)O. The van der Waals surface area contributed by atoms with E-state index in [1.807, 2.05) is 0 Å². The van der Waals surface area contributed by atoms with Crippen LogP contribution in [0.15, 0.2) is 24.3 Å². The molecule has 1 aromatic rings. The van der Waals surface area contributed by atoms with Crippen molar-refractivity contribution in [3.05, 3.63) is 29.8 Å². The molecule has 0 bridgehead atoms. The Morgan fingerprint density at radius 2 is 1.60 bits per heavy atom. The molecule has 10 nitrogen and oxygen atoms in total. The molecule has 0 aliphatic rings. The van der Waals surface area contributed by atoms with Gasteiger partial charge in [-0.1, -0.05) is 19.1 Å². The van der Waals surface area contributed by atoms with Gasteiger partial charge in [-0.05, 0) is 44.9 Å². The fraction of sp³-hybridized carbons (Fsp3) is 0.500. The minimum atomic E-state index is -1.21. The van der Waals surface area contributed by atoms with E-state index in [1.54, 1.807) is 39.8 Å². The number of ether oxygens (including phenoxy) is 1. The van der Waals surface area contributed by atoms with Crippen molar-refractivity contribution in [1.82, 2.24) is 16.0 Å². The maximum atomic E-state index is 12.8. The topological polar surface area (TPSA) is 154 Å². The van der Waals surface area contributed by atoms with Crippen molar-refractivity contribution < 1.29 is 34.1 Å². The first-order valence-corrected chi connectivity index (χ1v) is 9.48. The van der Waals surface area contributed by atoms with E-state index in [1.165, 1.54) is 12.1 Å². The van der Waals surface area contributed by atoms with Gasteiger partial charge in [-0.2, -0.15) is 0 Å². The number of carboxylic acids is 1. The zero-order chi connectivity index (χ0) is 22.9. The molecule has 0 aliphatic heterocycles. The van der Waals surface area contributed by atoms with Crippen LogP contribution in [0.5, 0.6) is 5.75 Å². The van der Waals surface area contributed by atoms with Gasteiger partial charge in [0.1, 0.15) is 30.0 Å². The summed E-state index contributed by atoms with van der Waals surface area (Å²) in [5.41, 5.74) is -0.112. The second-order valence-corrected chi connectivity index (χ2v) is 7.65. The Kier molecular flexibility index (Phi) is 9.10. The predicted molar refractivity (Wildman–Crippen MR) is 108 cm³/mol. The number of hydrogen-bond acceptors (Lipinski definition) is 6. The van der Waals surface area contributed by atoms with Gasteiger partial charge in [-0.15, -0.1) is 0 Å². The lowest BCUT2D eigenvalue weighted by Crippen LogP contribution is -2.55. The van der Waals surface area contributed by atoms with Crippen LogP contribution < -0.4 is 16.0 Å². The van der Waals surface area contributed by atoms with E-state index in [9.17, 15) is 24.3 Å². The molecule has 1 rings (SSSR count). The summed E-state index contributed by atoms with van der Waals surface area (Å²) >= 11 is 0. The van der Waals surface area contributed by atoms with Gasteiger partial charge >= 0.3 is 12.1 Å². The van der Waals surface area contributed by atoms with Crippen molar-refractivity contribution in [2.45, 2.75) is 58.2 Å². The number of rotatable bonds is 9. The number of carboxylic acid groups (broad SMARTS) is 1. The molecule has 1 aromatic carbocycles. The molecule has 0 saturated carbocycles. The molecule has 5 N–H and O–H groups in total. The Morgan fingerprint density at radius 3 is 2.10 bits per heavy atom. The number of carbonyl (C=O) groups excluding carboxylic acids is 3. The fourth-order valence-electron chi connectivity index (χ4n) is 2.44. The highest BCUT2D eigenvalue weighted by molar-refractivity contribution is 5.92. The number of carbonyl (C=O) groups is 4. The summed E-state index contributed by atoms with van der Waals surface area (Å²) in [6.07, 6.45) is -0.501. The molecule has 166 valence electrons. The number of nitrogens with one attached hydrogen (secondary N) is 3. The zero-order valence-electron chi connectivity index (χ0n) is 17.5. The van der Waals surface area contributed by atoms with Crippen LogP contribution in [-0.4, -0.2) is 58.3 Å². The molecule has 0 heterocycles. The molecular weight excluding hydrogens is 394 g/mol. The van der Waals surface area contributed by atoms with E-state index in [2.05, 4.69) is 16.0 Å². The van der Waals surface area contributed by atoms with Gasteiger partial charge in [0.25, 0.3) is 0 Å². The van der Waals surface area contributed by atoms with E-state index in [0.29, 0.717) is 5.56 Å². The largest absolute Gasteiger partial charge is 0.508 e. The number of benzene rings is 1. The quantitative estimate of drug-likeness (QED) is 0.396. The van der Waals surface area contributed by atoms with Crippen molar-refractivity contribution in [3.8, 4) is 5.75 Å². The van der Waals surface area contributed by atoms with Crippen LogP contribution in [0.1, 0.15) is 39.7 Å². The van der Waals surface area contributed by atoms with Crippen LogP contribution in [0, 0.1) is 0 Å². The van der Waals surface area contributed by atoms with Gasteiger partial charge in [-0.3, -0.25) is 14.4 Å². The predicted octanol–water partition coefficient (Wildman–Crippen LogP) is 0.924. The van der Waals surface area contributed by atoms with Crippen molar-refractivity contribution in [2.24, 2.45) is 0 Å². The Hall–Kier alpha value is -3.30. The van der Waals surface area contributed by atoms with Gasteiger partial charge < -0.3 is 30.9 Å². The molecule has 0 aliphatic carbocycles. The van der Waals surface area contributed by atoms with Gasteiger partial charge in [0.15, 0.2) is 0 Å². The summed E-state index contributed by atoms with van der Waals surface area (Å²) in [6, 6.07) is 4.06. The third-order valence-corrected chi connectivity index (χ3v) is 3.84. The second kappa shape index (κ2) is 11.0. The normalized spacial score (nSPS) is 12.9. The molecule has 1 unspecified atom stereocenters. The molecule has 10 heteroatoms. The summed E-state index contributed by atoms with van der Waals surface area (Å²) in [4.78, 5) is 47.7. The van der Waals surface area contributed by atoms with Crippen LogP contribution in [0.25, 0.3) is 0 Å². The Morgan fingerprint density at radius 1 is 1.00 bits per heavy atom. The van der Waals surface area contributed by atoms with Gasteiger partial charge in [0.05, 0.1) is 0 Å². The first-order chi connectivity index (χ1) is 13.9. The third-order valence-electron chi connectivity index (χ3n) is 3.84. The highest BCUT2D eigenvalue weighted by Gasteiger charge is 2.28. The number of phenols is 1. The van der Waals surface area contributed by atoms with E-state index in [0.717, 1.165) is 0 Å². The van der Waals surface area contributed by atoms with E-state index in [-0.39, 0.29) is 18.6 Å². The molecule has 0 radical (unpaired) electrons. The maximum absolute atomic E-state index is 12.8. The number of amides is 3. The fourth-order valence-corrected chi connectivity index (χ4v) is 2.44. The highest BCUT2D eigenvalue weighted by atomic mass is 16.6. The minimum Gasteiger partial charge on any atom is -0.508 e. The first-order valence-electron chi connectivity index (χ1n) is 9.48. The van der Waals surface area contributed by atoms with Crippen LogP contribution in [0.3, 0.4) is 0 Å². The van der Waals surface area contributed by atoms with Gasteiger partial charge in [-0.25, -0.2) is 4.79 Å². The first kappa shape index (κ1) is 24.7. The standard InChI is InChI=1S/C20H29N3O7/c1-5-14(17(27)21-11-16(25)26)22-18(28)15(23-19(29)30-20(2,3)4)10-12-6-8-13(24)9-7-12/h6-9,14-15,24H,5,10-11H2,1-4H3,(H,21,27)(H,22,28)(H,23,29)(H,25,26)/t14?,15-/m0/s1. The van der Waals surface area contributed by atoms with Crippen molar-refractivity contribution in [3.63, 3.8) is 0 Å². The van der Waals surface area contributed by atoms with Crippen LogP contribution in [0.2, 0.25) is 0 Å². The van der Waals surface area contributed by atoms with Crippen molar-refractivity contribution in [1.29, 1.82) is 0 Å².